The maximum atomic E-state index is 13.2. The summed E-state index contributed by atoms with van der Waals surface area (Å²) >= 11 is 0. The Kier molecular flexibility index (Phi) is 3.88. The standard InChI is InChI=1S/C13H14FNO2/c14-11-5-1-2-6-12(11)17-13(16)8-10-4-3-7-15-9-10/h1-2,4-6,15H,3,7-9H2. The van der Waals surface area contributed by atoms with Crippen molar-refractivity contribution in [2.24, 2.45) is 0 Å². The molecule has 1 aromatic carbocycles. The molecule has 2 rings (SSSR count). The molecule has 0 fully saturated rings. The van der Waals surface area contributed by atoms with Crippen molar-refractivity contribution >= 4 is 5.97 Å². The molecule has 1 heterocycles. The minimum Gasteiger partial charge on any atom is -0.423 e. The van der Waals surface area contributed by atoms with Gasteiger partial charge >= 0.3 is 5.97 Å². The van der Waals surface area contributed by atoms with Crippen LogP contribution in [-0.4, -0.2) is 19.1 Å². The predicted molar refractivity (Wildman–Crippen MR) is 62.2 cm³/mol. The van der Waals surface area contributed by atoms with Gasteiger partial charge in [0.05, 0.1) is 6.42 Å². The van der Waals surface area contributed by atoms with Crippen LogP contribution in [0.4, 0.5) is 4.39 Å². The SMILES string of the molecule is O=C(CC1=CCCNC1)Oc1ccccc1F. The van der Waals surface area contributed by atoms with Crippen molar-refractivity contribution in [2.45, 2.75) is 12.8 Å². The first-order valence-corrected chi connectivity index (χ1v) is 5.59. The fraction of sp³-hybridized carbons (Fsp3) is 0.308. The molecule has 4 heteroatoms. The van der Waals surface area contributed by atoms with E-state index >= 15 is 0 Å². The summed E-state index contributed by atoms with van der Waals surface area (Å²) < 4.78 is 18.2. The van der Waals surface area contributed by atoms with Crippen LogP contribution < -0.4 is 10.1 Å². The Bertz CT molecular complexity index is 443. The highest BCUT2D eigenvalue weighted by Gasteiger charge is 2.12. The molecule has 3 nitrogen and oxygen atoms in total. The van der Waals surface area contributed by atoms with E-state index in [1.54, 1.807) is 12.1 Å². The van der Waals surface area contributed by atoms with Gasteiger partial charge in [-0.3, -0.25) is 4.79 Å². The molecule has 0 saturated heterocycles. The number of carbonyl (C=O) groups excluding carboxylic acids is 1. The van der Waals surface area contributed by atoms with Crippen LogP contribution in [0.25, 0.3) is 0 Å². The van der Waals surface area contributed by atoms with E-state index < -0.39 is 11.8 Å². The van der Waals surface area contributed by atoms with Gasteiger partial charge in [0.1, 0.15) is 0 Å². The second-order valence-corrected chi connectivity index (χ2v) is 3.91. The van der Waals surface area contributed by atoms with Gasteiger partial charge in [-0.15, -0.1) is 0 Å². The number of nitrogens with one attached hydrogen (secondary N) is 1. The van der Waals surface area contributed by atoms with Gasteiger partial charge in [-0.1, -0.05) is 18.2 Å². The maximum absolute atomic E-state index is 13.2. The molecule has 17 heavy (non-hydrogen) atoms. The number of esters is 1. The number of rotatable bonds is 3. The smallest absolute Gasteiger partial charge is 0.315 e. The molecule has 0 unspecified atom stereocenters. The molecule has 0 bridgehead atoms. The van der Waals surface area contributed by atoms with Gasteiger partial charge in [-0.25, -0.2) is 4.39 Å². The molecule has 90 valence electrons. The number of ether oxygens (including phenoxy) is 1. The lowest BCUT2D eigenvalue weighted by atomic mass is 10.1. The summed E-state index contributed by atoms with van der Waals surface area (Å²) in [5.74, 6) is -0.955. The lowest BCUT2D eigenvalue weighted by Crippen LogP contribution is -2.24. The van der Waals surface area contributed by atoms with Crippen LogP contribution in [0.5, 0.6) is 5.75 Å². The van der Waals surface area contributed by atoms with Crippen molar-refractivity contribution in [1.82, 2.24) is 5.32 Å². The van der Waals surface area contributed by atoms with Gasteiger partial charge in [0.15, 0.2) is 11.6 Å². The van der Waals surface area contributed by atoms with E-state index in [0.717, 1.165) is 18.5 Å². The Labute approximate surface area is 99.3 Å². The summed E-state index contributed by atoms with van der Waals surface area (Å²) in [7, 11) is 0. The number of benzene rings is 1. The zero-order valence-electron chi connectivity index (χ0n) is 9.41. The number of hydrogen-bond acceptors (Lipinski definition) is 3. The van der Waals surface area contributed by atoms with E-state index in [0.29, 0.717) is 6.54 Å². The van der Waals surface area contributed by atoms with Crippen LogP contribution in [0.2, 0.25) is 0 Å². The minimum atomic E-state index is -0.517. The Hall–Kier alpha value is -1.68. The lowest BCUT2D eigenvalue weighted by Gasteiger charge is -2.13. The summed E-state index contributed by atoms with van der Waals surface area (Å²) in [6.45, 7) is 1.64. The number of halogens is 1. The Balaban J connectivity index is 1.93. The summed E-state index contributed by atoms with van der Waals surface area (Å²) in [6.07, 6.45) is 3.16. The second-order valence-electron chi connectivity index (χ2n) is 3.91. The normalized spacial score (nSPS) is 15.2. The molecule has 1 aromatic rings. The van der Waals surface area contributed by atoms with Gasteiger partial charge in [-0.05, 0) is 30.7 Å². The first kappa shape index (κ1) is 11.8. The van der Waals surface area contributed by atoms with Gasteiger partial charge in [0.25, 0.3) is 0 Å². The minimum absolute atomic E-state index is 0.0122. The van der Waals surface area contributed by atoms with Gasteiger partial charge in [-0.2, -0.15) is 0 Å². The van der Waals surface area contributed by atoms with Crippen molar-refractivity contribution < 1.29 is 13.9 Å². The van der Waals surface area contributed by atoms with Crippen LogP contribution >= 0.6 is 0 Å². The van der Waals surface area contributed by atoms with E-state index in [2.05, 4.69) is 5.32 Å². The van der Waals surface area contributed by atoms with Crippen LogP contribution in [-0.2, 0) is 4.79 Å². The van der Waals surface area contributed by atoms with Crippen LogP contribution in [0, 0.1) is 5.82 Å². The van der Waals surface area contributed by atoms with Gasteiger partial charge in [0.2, 0.25) is 0 Å². The third-order valence-corrected chi connectivity index (χ3v) is 2.54. The van der Waals surface area contributed by atoms with E-state index in [-0.39, 0.29) is 12.2 Å². The van der Waals surface area contributed by atoms with Crippen molar-refractivity contribution in [3.8, 4) is 5.75 Å². The van der Waals surface area contributed by atoms with E-state index in [4.69, 9.17) is 4.74 Å². The second kappa shape index (κ2) is 5.59. The molecule has 1 aliphatic rings. The fourth-order valence-corrected chi connectivity index (χ4v) is 1.71. The zero-order chi connectivity index (χ0) is 12.1. The summed E-state index contributed by atoms with van der Waals surface area (Å²) in [5, 5.41) is 3.17. The Morgan fingerprint density at radius 2 is 2.24 bits per heavy atom. The fourth-order valence-electron chi connectivity index (χ4n) is 1.71. The lowest BCUT2D eigenvalue weighted by molar-refractivity contribution is -0.133. The van der Waals surface area contributed by atoms with Crippen molar-refractivity contribution in [1.29, 1.82) is 0 Å². The molecule has 0 radical (unpaired) electrons. The van der Waals surface area contributed by atoms with Crippen molar-refractivity contribution in [3.05, 3.63) is 41.7 Å². The van der Waals surface area contributed by atoms with Gasteiger partial charge < -0.3 is 10.1 Å². The largest absolute Gasteiger partial charge is 0.423 e. The molecule has 1 aliphatic heterocycles. The first-order valence-electron chi connectivity index (χ1n) is 5.59. The third-order valence-electron chi connectivity index (χ3n) is 2.54. The van der Waals surface area contributed by atoms with E-state index in [1.165, 1.54) is 12.1 Å². The molecular formula is C13H14FNO2. The maximum Gasteiger partial charge on any atom is 0.315 e. The quantitative estimate of drug-likeness (QED) is 0.495. The highest BCUT2D eigenvalue weighted by Crippen LogP contribution is 2.17. The molecule has 0 saturated carbocycles. The Morgan fingerprint density at radius 3 is 2.94 bits per heavy atom. The summed E-state index contributed by atoms with van der Waals surface area (Å²) in [5.41, 5.74) is 0.998. The summed E-state index contributed by atoms with van der Waals surface area (Å²) in [6, 6.07) is 5.90. The molecule has 0 aliphatic carbocycles. The van der Waals surface area contributed by atoms with Crippen LogP contribution in [0.1, 0.15) is 12.8 Å². The number of hydrogen-bond donors (Lipinski definition) is 1. The van der Waals surface area contributed by atoms with E-state index in [9.17, 15) is 9.18 Å². The number of carbonyl (C=O) groups is 1. The average molecular weight is 235 g/mol. The predicted octanol–water partition coefficient (Wildman–Crippen LogP) is 2.04. The first-order chi connectivity index (χ1) is 8.25. The topological polar surface area (TPSA) is 38.3 Å². The van der Waals surface area contributed by atoms with Crippen molar-refractivity contribution in [3.63, 3.8) is 0 Å². The van der Waals surface area contributed by atoms with Crippen LogP contribution in [0.15, 0.2) is 35.9 Å². The molecule has 1 N–H and O–H groups in total. The molecule has 0 amide bonds. The monoisotopic (exact) mass is 235 g/mol. The Morgan fingerprint density at radius 1 is 1.41 bits per heavy atom. The molecular weight excluding hydrogens is 221 g/mol. The third kappa shape index (κ3) is 3.39. The van der Waals surface area contributed by atoms with E-state index in [1.807, 2.05) is 6.08 Å². The average Bonchev–Trinajstić information content (AvgIpc) is 2.33. The highest BCUT2D eigenvalue weighted by atomic mass is 19.1. The van der Waals surface area contributed by atoms with Crippen LogP contribution in [0.3, 0.4) is 0 Å². The number of para-hydroxylation sites is 1. The van der Waals surface area contributed by atoms with Crippen molar-refractivity contribution in [2.75, 3.05) is 13.1 Å². The molecule has 0 aromatic heterocycles. The highest BCUT2D eigenvalue weighted by molar-refractivity contribution is 5.75. The molecule has 0 spiro atoms. The summed E-state index contributed by atoms with van der Waals surface area (Å²) in [4.78, 5) is 11.6. The zero-order valence-corrected chi connectivity index (χ0v) is 9.41. The van der Waals surface area contributed by atoms with Gasteiger partial charge in [0, 0.05) is 6.54 Å². The molecule has 0 atom stereocenters.